The standard InChI is InChI=1S/C11H12BNO2/c12-10-3-1-2-9(8-10)11(14)13-4-6-15-7-5-13/h1-3,8H,4-7H2. The van der Waals surface area contributed by atoms with Crippen molar-refractivity contribution in [2.24, 2.45) is 0 Å². The highest BCUT2D eigenvalue weighted by Crippen LogP contribution is 2.05. The second-order valence-electron chi connectivity index (χ2n) is 3.53. The zero-order chi connectivity index (χ0) is 10.7. The van der Waals surface area contributed by atoms with Gasteiger partial charge in [-0.3, -0.25) is 4.79 Å². The smallest absolute Gasteiger partial charge is 0.253 e. The van der Waals surface area contributed by atoms with Gasteiger partial charge < -0.3 is 9.64 Å². The summed E-state index contributed by atoms with van der Waals surface area (Å²) in [7, 11) is 5.63. The van der Waals surface area contributed by atoms with Gasteiger partial charge in [0, 0.05) is 18.7 Å². The van der Waals surface area contributed by atoms with Gasteiger partial charge in [-0.15, -0.1) is 0 Å². The minimum absolute atomic E-state index is 0.0330. The summed E-state index contributed by atoms with van der Waals surface area (Å²) in [6, 6.07) is 7.06. The van der Waals surface area contributed by atoms with Crippen molar-refractivity contribution in [3.05, 3.63) is 29.8 Å². The quantitative estimate of drug-likeness (QED) is 0.596. The zero-order valence-corrected chi connectivity index (χ0v) is 8.48. The van der Waals surface area contributed by atoms with Gasteiger partial charge >= 0.3 is 0 Å². The minimum Gasteiger partial charge on any atom is -0.378 e. The van der Waals surface area contributed by atoms with Crippen molar-refractivity contribution < 1.29 is 9.53 Å². The lowest BCUT2D eigenvalue weighted by Crippen LogP contribution is -2.40. The lowest BCUT2D eigenvalue weighted by molar-refractivity contribution is 0.0303. The number of nitrogens with zero attached hydrogens (tertiary/aromatic N) is 1. The minimum atomic E-state index is 0.0330. The van der Waals surface area contributed by atoms with E-state index in [1.54, 1.807) is 29.2 Å². The lowest BCUT2D eigenvalue weighted by Gasteiger charge is -2.26. The van der Waals surface area contributed by atoms with Gasteiger partial charge in [0.2, 0.25) is 0 Å². The summed E-state index contributed by atoms with van der Waals surface area (Å²) in [4.78, 5) is 13.8. The van der Waals surface area contributed by atoms with Crippen LogP contribution in [0.15, 0.2) is 24.3 Å². The Hall–Kier alpha value is -1.29. The fourth-order valence-corrected chi connectivity index (χ4v) is 1.62. The second kappa shape index (κ2) is 4.49. The molecule has 1 heterocycles. The van der Waals surface area contributed by atoms with Crippen LogP contribution < -0.4 is 5.46 Å². The van der Waals surface area contributed by atoms with Gasteiger partial charge in [-0.2, -0.15) is 0 Å². The molecule has 0 aliphatic carbocycles. The first-order valence-electron chi connectivity index (χ1n) is 5.00. The van der Waals surface area contributed by atoms with E-state index >= 15 is 0 Å². The van der Waals surface area contributed by atoms with Crippen molar-refractivity contribution in [1.29, 1.82) is 0 Å². The molecule has 1 aliphatic rings. The molecule has 76 valence electrons. The Morgan fingerprint density at radius 1 is 1.33 bits per heavy atom. The molecule has 0 saturated carbocycles. The van der Waals surface area contributed by atoms with Crippen LogP contribution in [0.3, 0.4) is 0 Å². The third-order valence-corrected chi connectivity index (χ3v) is 2.43. The second-order valence-corrected chi connectivity index (χ2v) is 3.53. The van der Waals surface area contributed by atoms with Gasteiger partial charge in [-0.05, 0) is 6.07 Å². The largest absolute Gasteiger partial charge is 0.378 e. The van der Waals surface area contributed by atoms with Crippen LogP contribution in [0.4, 0.5) is 0 Å². The molecule has 1 fully saturated rings. The van der Waals surface area contributed by atoms with Crippen LogP contribution in [0.2, 0.25) is 0 Å². The molecule has 2 radical (unpaired) electrons. The van der Waals surface area contributed by atoms with Gasteiger partial charge in [0.05, 0.1) is 13.2 Å². The third-order valence-electron chi connectivity index (χ3n) is 2.43. The number of rotatable bonds is 1. The summed E-state index contributed by atoms with van der Waals surface area (Å²) in [6.45, 7) is 2.56. The van der Waals surface area contributed by atoms with Crippen molar-refractivity contribution in [2.75, 3.05) is 26.3 Å². The molecule has 1 aliphatic heterocycles. The Bertz CT molecular complexity index is 361. The van der Waals surface area contributed by atoms with Crippen LogP contribution >= 0.6 is 0 Å². The van der Waals surface area contributed by atoms with Crippen LogP contribution in [0.25, 0.3) is 0 Å². The maximum Gasteiger partial charge on any atom is 0.253 e. The van der Waals surface area contributed by atoms with Gasteiger partial charge in [-0.1, -0.05) is 23.7 Å². The Morgan fingerprint density at radius 2 is 2.07 bits per heavy atom. The Kier molecular flexibility index (Phi) is 3.06. The Morgan fingerprint density at radius 3 is 2.73 bits per heavy atom. The van der Waals surface area contributed by atoms with Gasteiger partial charge in [0.25, 0.3) is 5.91 Å². The number of ether oxygens (including phenoxy) is 1. The summed E-state index contributed by atoms with van der Waals surface area (Å²) in [5.74, 6) is 0.0330. The average molecular weight is 201 g/mol. The molecule has 15 heavy (non-hydrogen) atoms. The predicted molar refractivity (Wildman–Crippen MR) is 58.6 cm³/mol. The molecule has 3 nitrogen and oxygen atoms in total. The Balaban J connectivity index is 2.12. The van der Waals surface area contributed by atoms with Crippen molar-refractivity contribution in [1.82, 2.24) is 4.90 Å². The van der Waals surface area contributed by atoms with Crippen LogP contribution in [-0.4, -0.2) is 45.0 Å². The van der Waals surface area contributed by atoms with Crippen LogP contribution in [0.5, 0.6) is 0 Å². The first-order chi connectivity index (χ1) is 7.27. The molecule has 0 N–H and O–H groups in total. The highest BCUT2D eigenvalue weighted by Gasteiger charge is 2.17. The van der Waals surface area contributed by atoms with Crippen LogP contribution in [0, 0.1) is 0 Å². The summed E-state index contributed by atoms with van der Waals surface area (Å²) >= 11 is 0. The lowest BCUT2D eigenvalue weighted by atomic mass is 9.94. The van der Waals surface area contributed by atoms with Crippen molar-refractivity contribution in [2.45, 2.75) is 0 Å². The molecule has 0 unspecified atom stereocenters. The van der Waals surface area contributed by atoms with E-state index in [9.17, 15) is 4.79 Å². The monoisotopic (exact) mass is 201 g/mol. The molecule has 0 spiro atoms. The van der Waals surface area contributed by atoms with Gasteiger partial charge in [0.15, 0.2) is 0 Å². The molecule has 0 atom stereocenters. The maximum atomic E-state index is 12.0. The maximum absolute atomic E-state index is 12.0. The number of benzene rings is 1. The van der Waals surface area contributed by atoms with Crippen LogP contribution in [0.1, 0.15) is 10.4 Å². The molecule has 1 aromatic rings. The van der Waals surface area contributed by atoms with Gasteiger partial charge in [0.1, 0.15) is 7.85 Å². The summed E-state index contributed by atoms with van der Waals surface area (Å²) < 4.78 is 5.19. The molecular formula is C11H12BNO2. The number of morpholine rings is 1. The first kappa shape index (κ1) is 10.2. The fraction of sp³-hybridized carbons (Fsp3) is 0.364. The highest BCUT2D eigenvalue weighted by molar-refractivity contribution is 6.32. The van der Waals surface area contributed by atoms with E-state index in [0.29, 0.717) is 37.3 Å². The van der Waals surface area contributed by atoms with E-state index in [4.69, 9.17) is 12.6 Å². The van der Waals surface area contributed by atoms with E-state index in [2.05, 4.69) is 0 Å². The van der Waals surface area contributed by atoms with Crippen molar-refractivity contribution in [3.8, 4) is 0 Å². The number of carbonyl (C=O) groups excluding carboxylic acids is 1. The summed E-state index contributed by atoms with van der Waals surface area (Å²) in [5, 5.41) is 0. The zero-order valence-electron chi connectivity index (χ0n) is 8.48. The number of amides is 1. The summed E-state index contributed by atoms with van der Waals surface area (Å²) in [6.07, 6.45) is 0. The number of hydrogen-bond acceptors (Lipinski definition) is 2. The molecule has 4 heteroatoms. The molecule has 1 aromatic carbocycles. The van der Waals surface area contributed by atoms with E-state index in [0.717, 1.165) is 0 Å². The fourth-order valence-electron chi connectivity index (χ4n) is 1.62. The topological polar surface area (TPSA) is 29.5 Å². The highest BCUT2D eigenvalue weighted by atomic mass is 16.5. The number of hydrogen-bond donors (Lipinski definition) is 0. The summed E-state index contributed by atoms with van der Waals surface area (Å²) in [5.41, 5.74) is 1.27. The molecule has 0 bridgehead atoms. The predicted octanol–water partition coefficient (Wildman–Crippen LogP) is -0.0472. The van der Waals surface area contributed by atoms with Crippen molar-refractivity contribution >= 4 is 19.2 Å². The van der Waals surface area contributed by atoms with E-state index in [1.165, 1.54) is 0 Å². The van der Waals surface area contributed by atoms with Crippen LogP contribution in [-0.2, 0) is 4.74 Å². The first-order valence-corrected chi connectivity index (χ1v) is 5.00. The molecular weight excluding hydrogens is 189 g/mol. The normalized spacial score (nSPS) is 16.4. The Labute approximate surface area is 90.4 Å². The number of carbonyl (C=O) groups is 1. The van der Waals surface area contributed by atoms with E-state index in [-0.39, 0.29) is 5.91 Å². The molecule has 0 aromatic heterocycles. The molecule has 1 saturated heterocycles. The average Bonchev–Trinajstić information content (AvgIpc) is 2.29. The van der Waals surface area contributed by atoms with Gasteiger partial charge in [-0.25, -0.2) is 0 Å². The van der Waals surface area contributed by atoms with E-state index < -0.39 is 0 Å². The molecule has 1 amide bonds. The third kappa shape index (κ3) is 2.39. The van der Waals surface area contributed by atoms with Crippen molar-refractivity contribution in [3.63, 3.8) is 0 Å². The molecule has 2 rings (SSSR count). The SMILES string of the molecule is [B]c1cccc(C(=O)N2CCOCC2)c1. The van der Waals surface area contributed by atoms with E-state index in [1.807, 2.05) is 0 Å².